The van der Waals surface area contributed by atoms with Gasteiger partial charge in [0.2, 0.25) is 10.0 Å². The molecule has 0 aliphatic rings. The molecule has 0 saturated carbocycles. The molecule has 0 fully saturated rings. The zero-order chi connectivity index (χ0) is 15.5. The number of rotatable bonds is 6. The second kappa shape index (κ2) is 6.49. The Kier molecular flexibility index (Phi) is 4.90. The van der Waals surface area contributed by atoms with Gasteiger partial charge in [0.05, 0.1) is 5.75 Å². The van der Waals surface area contributed by atoms with Crippen LogP contribution in [0.2, 0.25) is 0 Å². The highest BCUT2D eigenvalue weighted by atomic mass is 32.2. The van der Waals surface area contributed by atoms with Crippen LogP contribution in [0.3, 0.4) is 0 Å². The molecule has 4 nitrogen and oxygen atoms in total. The third kappa shape index (κ3) is 4.47. The molecule has 0 bridgehead atoms. The van der Waals surface area contributed by atoms with Gasteiger partial charge in [-0.1, -0.05) is 0 Å². The maximum absolute atomic E-state index is 11.5. The molecule has 0 radical (unpaired) electrons. The minimum Gasteiger partial charge on any atom is -0.381 e. The SMILES string of the molecule is CCS(=O)(=O)Nc1ccc(NCc2cc(C)sc2C)cc1. The van der Waals surface area contributed by atoms with Gasteiger partial charge in [-0.2, -0.15) is 0 Å². The second-order valence-electron chi connectivity index (χ2n) is 4.87. The fourth-order valence-corrected chi connectivity index (χ4v) is 3.55. The molecule has 1 heterocycles. The normalized spacial score (nSPS) is 11.4. The fourth-order valence-electron chi connectivity index (χ4n) is 1.96. The first-order valence-corrected chi connectivity index (χ1v) is 9.27. The summed E-state index contributed by atoms with van der Waals surface area (Å²) < 4.78 is 25.5. The Labute approximate surface area is 130 Å². The zero-order valence-electron chi connectivity index (χ0n) is 12.4. The number of aryl methyl sites for hydroxylation is 2. The molecule has 114 valence electrons. The molecule has 2 rings (SSSR count). The predicted molar refractivity (Wildman–Crippen MR) is 90.6 cm³/mol. The molecule has 0 aliphatic heterocycles. The highest BCUT2D eigenvalue weighted by Crippen LogP contribution is 2.22. The van der Waals surface area contributed by atoms with Crippen molar-refractivity contribution in [2.45, 2.75) is 27.3 Å². The van der Waals surface area contributed by atoms with Gasteiger partial charge in [-0.15, -0.1) is 11.3 Å². The average Bonchev–Trinajstić information content (AvgIpc) is 2.76. The van der Waals surface area contributed by atoms with E-state index in [9.17, 15) is 8.42 Å². The second-order valence-corrected chi connectivity index (χ2v) is 8.35. The molecule has 0 amide bonds. The molecule has 0 unspecified atom stereocenters. The molecule has 2 N–H and O–H groups in total. The summed E-state index contributed by atoms with van der Waals surface area (Å²) in [6, 6.07) is 9.48. The number of hydrogen-bond donors (Lipinski definition) is 2. The van der Waals surface area contributed by atoms with Crippen molar-refractivity contribution in [2.75, 3.05) is 15.8 Å². The first-order chi connectivity index (χ1) is 9.89. The van der Waals surface area contributed by atoms with Gasteiger partial charge in [0.25, 0.3) is 0 Å². The summed E-state index contributed by atoms with van der Waals surface area (Å²) in [6.45, 7) is 6.62. The molecule has 0 spiro atoms. The lowest BCUT2D eigenvalue weighted by Crippen LogP contribution is -2.14. The standard InChI is InChI=1S/C15H20N2O2S2/c1-4-21(18,19)17-15-7-5-14(6-8-15)16-10-13-9-11(2)20-12(13)3/h5-9,16-17H,4,10H2,1-3H3. The quantitative estimate of drug-likeness (QED) is 0.851. The van der Waals surface area contributed by atoms with Gasteiger partial charge in [0.1, 0.15) is 0 Å². The van der Waals surface area contributed by atoms with Gasteiger partial charge in [-0.05, 0) is 56.7 Å². The minimum atomic E-state index is -3.21. The summed E-state index contributed by atoms with van der Waals surface area (Å²) in [7, 11) is -3.21. The first-order valence-electron chi connectivity index (χ1n) is 6.80. The Bertz CT molecular complexity index is 704. The van der Waals surface area contributed by atoms with Gasteiger partial charge in [-0.3, -0.25) is 4.72 Å². The topological polar surface area (TPSA) is 58.2 Å². The fraction of sp³-hybridized carbons (Fsp3) is 0.333. The van der Waals surface area contributed by atoms with Crippen molar-refractivity contribution in [1.29, 1.82) is 0 Å². The molecule has 2 aromatic rings. The van der Waals surface area contributed by atoms with Crippen LogP contribution < -0.4 is 10.0 Å². The van der Waals surface area contributed by atoms with Crippen molar-refractivity contribution < 1.29 is 8.42 Å². The van der Waals surface area contributed by atoms with E-state index in [1.54, 1.807) is 30.4 Å². The van der Waals surface area contributed by atoms with E-state index < -0.39 is 10.0 Å². The van der Waals surface area contributed by atoms with Crippen LogP contribution in [0.15, 0.2) is 30.3 Å². The average molecular weight is 324 g/mol. The van der Waals surface area contributed by atoms with E-state index in [1.165, 1.54) is 15.3 Å². The third-order valence-electron chi connectivity index (χ3n) is 3.17. The van der Waals surface area contributed by atoms with Gasteiger partial charge < -0.3 is 5.32 Å². The van der Waals surface area contributed by atoms with Crippen LogP contribution in [-0.4, -0.2) is 14.2 Å². The lowest BCUT2D eigenvalue weighted by Gasteiger charge is -2.09. The molecule has 21 heavy (non-hydrogen) atoms. The van der Waals surface area contributed by atoms with Gasteiger partial charge in [-0.25, -0.2) is 8.42 Å². The Morgan fingerprint density at radius 1 is 1.10 bits per heavy atom. The molecule has 1 aromatic carbocycles. The van der Waals surface area contributed by atoms with E-state index in [2.05, 4.69) is 30.0 Å². The molecule has 1 aromatic heterocycles. The van der Waals surface area contributed by atoms with Crippen molar-refractivity contribution in [2.24, 2.45) is 0 Å². The van der Waals surface area contributed by atoms with E-state index >= 15 is 0 Å². The molecular formula is C15H20N2O2S2. The van der Waals surface area contributed by atoms with E-state index in [0.717, 1.165) is 12.2 Å². The maximum Gasteiger partial charge on any atom is 0.232 e. The van der Waals surface area contributed by atoms with Gasteiger partial charge in [0.15, 0.2) is 0 Å². The largest absolute Gasteiger partial charge is 0.381 e. The van der Waals surface area contributed by atoms with Crippen LogP contribution in [-0.2, 0) is 16.6 Å². The molecule has 0 atom stereocenters. The number of thiophene rings is 1. The monoisotopic (exact) mass is 324 g/mol. The van der Waals surface area contributed by atoms with Crippen molar-refractivity contribution in [3.63, 3.8) is 0 Å². The molecule has 0 aliphatic carbocycles. The summed E-state index contributed by atoms with van der Waals surface area (Å²) in [5.41, 5.74) is 2.86. The van der Waals surface area contributed by atoms with Gasteiger partial charge >= 0.3 is 0 Å². The molecule has 6 heteroatoms. The zero-order valence-corrected chi connectivity index (χ0v) is 14.1. The van der Waals surface area contributed by atoms with Crippen LogP contribution in [0.1, 0.15) is 22.2 Å². The first kappa shape index (κ1) is 15.9. The number of anilines is 2. The third-order valence-corrected chi connectivity index (χ3v) is 5.48. The van der Waals surface area contributed by atoms with Crippen molar-refractivity contribution in [3.05, 3.63) is 45.6 Å². The van der Waals surface area contributed by atoms with Crippen LogP contribution in [0.5, 0.6) is 0 Å². The Morgan fingerprint density at radius 3 is 2.24 bits per heavy atom. The number of nitrogens with one attached hydrogen (secondary N) is 2. The van der Waals surface area contributed by atoms with Crippen LogP contribution in [0.4, 0.5) is 11.4 Å². The van der Waals surface area contributed by atoms with E-state index in [-0.39, 0.29) is 5.75 Å². The van der Waals surface area contributed by atoms with Gasteiger partial charge in [0, 0.05) is 27.7 Å². The summed E-state index contributed by atoms with van der Waals surface area (Å²) >= 11 is 1.80. The highest BCUT2D eigenvalue weighted by molar-refractivity contribution is 7.92. The smallest absolute Gasteiger partial charge is 0.232 e. The van der Waals surface area contributed by atoms with Crippen LogP contribution >= 0.6 is 11.3 Å². The van der Waals surface area contributed by atoms with E-state index in [1.807, 2.05) is 12.1 Å². The summed E-state index contributed by atoms with van der Waals surface area (Å²) in [5, 5.41) is 3.35. The summed E-state index contributed by atoms with van der Waals surface area (Å²) in [4.78, 5) is 2.64. The van der Waals surface area contributed by atoms with E-state index in [0.29, 0.717) is 5.69 Å². The lowest BCUT2D eigenvalue weighted by molar-refractivity contribution is 0.602. The van der Waals surface area contributed by atoms with Crippen molar-refractivity contribution in [1.82, 2.24) is 0 Å². The predicted octanol–water partition coefficient (Wildman–Crippen LogP) is 3.74. The number of benzene rings is 1. The number of hydrogen-bond acceptors (Lipinski definition) is 4. The number of sulfonamides is 1. The molecule has 0 saturated heterocycles. The Balaban J connectivity index is 1.98. The Morgan fingerprint density at radius 2 is 1.71 bits per heavy atom. The highest BCUT2D eigenvalue weighted by Gasteiger charge is 2.06. The minimum absolute atomic E-state index is 0.0732. The summed E-state index contributed by atoms with van der Waals surface area (Å²) in [6.07, 6.45) is 0. The summed E-state index contributed by atoms with van der Waals surface area (Å²) in [5.74, 6) is 0.0732. The lowest BCUT2D eigenvalue weighted by atomic mass is 10.2. The van der Waals surface area contributed by atoms with Crippen LogP contribution in [0, 0.1) is 13.8 Å². The Hall–Kier alpha value is -1.53. The van der Waals surface area contributed by atoms with Crippen LogP contribution in [0.25, 0.3) is 0 Å². The van der Waals surface area contributed by atoms with Crippen molar-refractivity contribution >= 4 is 32.7 Å². The van der Waals surface area contributed by atoms with Crippen molar-refractivity contribution in [3.8, 4) is 0 Å². The van der Waals surface area contributed by atoms with E-state index in [4.69, 9.17) is 0 Å². The maximum atomic E-state index is 11.5. The molecular weight excluding hydrogens is 304 g/mol.